The second-order valence-electron chi connectivity index (χ2n) is 3.71. The Hall–Kier alpha value is -1.40. The van der Waals surface area contributed by atoms with Gasteiger partial charge in [0.15, 0.2) is 0 Å². The van der Waals surface area contributed by atoms with Crippen LogP contribution in [0.15, 0.2) is 16.5 Å². The first-order valence-electron chi connectivity index (χ1n) is 5.45. The Labute approximate surface area is 112 Å². The normalized spacial score (nSPS) is 10.7. The van der Waals surface area contributed by atoms with Crippen LogP contribution in [0.2, 0.25) is 4.34 Å². The van der Waals surface area contributed by atoms with E-state index in [0.717, 1.165) is 11.3 Å². The molecule has 0 atom stereocenters. The molecule has 0 saturated heterocycles. The van der Waals surface area contributed by atoms with Crippen LogP contribution in [-0.2, 0) is 11.2 Å². The highest BCUT2D eigenvalue weighted by molar-refractivity contribution is 7.19. The molecule has 0 radical (unpaired) electrons. The third-order valence-electron chi connectivity index (χ3n) is 2.28. The van der Waals surface area contributed by atoms with Crippen LogP contribution >= 0.6 is 22.9 Å². The summed E-state index contributed by atoms with van der Waals surface area (Å²) >= 11 is 7.20. The molecule has 0 saturated carbocycles. The highest BCUT2D eigenvalue weighted by Crippen LogP contribution is 2.30. The molecule has 0 bridgehead atoms. The molecule has 0 aliphatic heterocycles. The Morgan fingerprint density at radius 3 is 2.89 bits per heavy atom. The number of carboxylic acids is 1. The van der Waals surface area contributed by atoms with Crippen LogP contribution in [0.1, 0.15) is 25.2 Å². The summed E-state index contributed by atoms with van der Waals surface area (Å²) in [6, 6.07) is 3.60. The van der Waals surface area contributed by atoms with E-state index in [1.165, 1.54) is 11.3 Å². The fourth-order valence-corrected chi connectivity index (χ4v) is 2.40. The number of hydrogen-bond acceptors (Lipinski definition) is 5. The summed E-state index contributed by atoms with van der Waals surface area (Å²) in [7, 11) is 0. The molecule has 2 heterocycles. The monoisotopic (exact) mass is 286 g/mol. The molecule has 96 valence electrons. The first-order chi connectivity index (χ1) is 8.65. The first-order valence-corrected chi connectivity index (χ1v) is 6.64. The van der Waals surface area contributed by atoms with Gasteiger partial charge in [-0.1, -0.05) is 11.6 Å². The molecule has 2 aromatic heterocycles. The van der Waals surface area contributed by atoms with E-state index in [9.17, 15) is 4.79 Å². The lowest BCUT2D eigenvalue weighted by Gasteiger charge is -1.93. The fourth-order valence-electron chi connectivity index (χ4n) is 1.44. The molecule has 7 heteroatoms. The van der Waals surface area contributed by atoms with Crippen molar-refractivity contribution < 1.29 is 14.3 Å². The van der Waals surface area contributed by atoms with Gasteiger partial charge < -0.3 is 9.52 Å². The van der Waals surface area contributed by atoms with Crippen LogP contribution in [0.5, 0.6) is 0 Å². The molecule has 2 rings (SSSR count). The first kappa shape index (κ1) is 13.0. The van der Waals surface area contributed by atoms with Gasteiger partial charge in [-0.05, 0) is 25.0 Å². The van der Waals surface area contributed by atoms with Crippen molar-refractivity contribution in [2.24, 2.45) is 0 Å². The van der Waals surface area contributed by atoms with Crippen molar-refractivity contribution in [1.29, 1.82) is 0 Å². The number of hydrogen-bond donors (Lipinski definition) is 1. The number of nitrogens with zero attached hydrogens (tertiary/aromatic N) is 2. The second-order valence-corrected chi connectivity index (χ2v) is 5.42. The van der Waals surface area contributed by atoms with Crippen LogP contribution in [-0.4, -0.2) is 21.3 Å². The standard InChI is InChI=1S/C11H11ClN2O3S/c12-8-6-5-7(18-8)11-14-13-9(17-11)3-1-2-4-10(15)16/h5-6H,1-4H2,(H,15,16). The summed E-state index contributed by atoms with van der Waals surface area (Å²) in [5.41, 5.74) is 0. The maximum Gasteiger partial charge on any atom is 0.303 e. The quantitative estimate of drug-likeness (QED) is 0.825. The largest absolute Gasteiger partial charge is 0.481 e. The topological polar surface area (TPSA) is 76.2 Å². The van der Waals surface area contributed by atoms with E-state index in [-0.39, 0.29) is 6.42 Å². The summed E-state index contributed by atoms with van der Waals surface area (Å²) in [5, 5.41) is 16.4. The lowest BCUT2D eigenvalue weighted by Crippen LogP contribution is -1.95. The van der Waals surface area contributed by atoms with Gasteiger partial charge in [0.05, 0.1) is 9.21 Å². The third kappa shape index (κ3) is 3.54. The van der Waals surface area contributed by atoms with Gasteiger partial charge in [-0.2, -0.15) is 0 Å². The molecule has 18 heavy (non-hydrogen) atoms. The molecule has 0 spiro atoms. The minimum absolute atomic E-state index is 0.168. The third-order valence-corrected chi connectivity index (χ3v) is 3.50. The summed E-state index contributed by atoms with van der Waals surface area (Å²) in [5.74, 6) is 0.203. The Morgan fingerprint density at radius 2 is 2.22 bits per heavy atom. The zero-order valence-corrected chi connectivity index (χ0v) is 11.0. The summed E-state index contributed by atoms with van der Waals surface area (Å²) < 4.78 is 6.14. The number of carboxylic acid groups (broad SMARTS) is 1. The molecule has 0 fully saturated rings. The van der Waals surface area contributed by atoms with Gasteiger partial charge in [0.25, 0.3) is 5.89 Å². The minimum atomic E-state index is -0.783. The number of aromatic nitrogens is 2. The van der Waals surface area contributed by atoms with Crippen LogP contribution < -0.4 is 0 Å². The van der Waals surface area contributed by atoms with Crippen LogP contribution in [0.3, 0.4) is 0 Å². The SMILES string of the molecule is O=C(O)CCCCc1nnc(-c2ccc(Cl)s2)o1. The number of thiophene rings is 1. The van der Waals surface area contributed by atoms with E-state index >= 15 is 0 Å². The highest BCUT2D eigenvalue weighted by Gasteiger charge is 2.10. The van der Waals surface area contributed by atoms with Crippen molar-refractivity contribution in [3.8, 4) is 10.8 Å². The summed E-state index contributed by atoms with van der Waals surface area (Å²) in [6.07, 6.45) is 2.10. The van der Waals surface area contributed by atoms with Crippen molar-refractivity contribution in [1.82, 2.24) is 10.2 Å². The van der Waals surface area contributed by atoms with Gasteiger partial charge in [0.1, 0.15) is 0 Å². The number of aryl methyl sites for hydroxylation is 1. The summed E-state index contributed by atoms with van der Waals surface area (Å²) in [6.45, 7) is 0. The fraction of sp³-hybridized carbons (Fsp3) is 0.364. The molecule has 0 unspecified atom stereocenters. The Kier molecular flexibility index (Phi) is 4.33. The summed E-state index contributed by atoms with van der Waals surface area (Å²) in [4.78, 5) is 11.2. The highest BCUT2D eigenvalue weighted by atomic mass is 35.5. The van der Waals surface area contributed by atoms with Crippen LogP contribution in [0.25, 0.3) is 10.8 Å². The lowest BCUT2D eigenvalue weighted by molar-refractivity contribution is -0.137. The van der Waals surface area contributed by atoms with Gasteiger partial charge >= 0.3 is 5.97 Å². The molecule has 1 N–H and O–H groups in total. The molecule has 0 aliphatic carbocycles. The van der Waals surface area contributed by atoms with Gasteiger partial charge in [-0.3, -0.25) is 4.79 Å². The average molecular weight is 287 g/mol. The van der Waals surface area contributed by atoms with Gasteiger partial charge in [-0.15, -0.1) is 21.5 Å². The maximum atomic E-state index is 10.3. The number of unbranched alkanes of at least 4 members (excludes halogenated alkanes) is 1. The van der Waals surface area contributed by atoms with Crippen LogP contribution in [0.4, 0.5) is 0 Å². The Balaban J connectivity index is 1.88. The van der Waals surface area contributed by atoms with Crippen molar-refractivity contribution in [3.63, 3.8) is 0 Å². The second kappa shape index (κ2) is 5.97. The van der Waals surface area contributed by atoms with Gasteiger partial charge in [0, 0.05) is 12.8 Å². The molecular weight excluding hydrogens is 276 g/mol. The number of halogens is 1. The minimum Gasteiger partial charge on any atom is -0.481 e. The van der Waals surface area contributed by atoms with E-state index < -0.39 is 5.97 Å². The zero-order valence-electron chi connectivity index (χ0n) is 9.43. The van der Waals surface area contributed by atoms with Crippen molar-refractivity contribution in [2.75, 3.05) is 0 Å². The number of rotatable bonds is 6. The molecule has 0 aromatic carbocycles. The average Bonchev–Trinajstić information content (AvgIpc) is 2.93. The Bertz CT molecular complexity index is 538. The maximum absolute atomic E-state index is 10.3. The lowest BCUT2D eigenvalue weighted by atomic mass is 10.2. The molecule has 0 amide bonds. The molecule has 5 nitrogen and oxygen atoms in total. The van der Waals surface area contributed by atoms with E-state index in [0.29, 0.717) is 29.0 Å². The van der Waals surface area contributed by atoms with Crippen molar-refractivity contribution in [2.45, 2.75) is 25.7 Å². The van der Waals surface area contributed by atoms with E-state index in [1.54, 1.807) is 6.07 Å². The zero-order chi connectivity index (χ0) is 13.0. The van der Waals surface area contributed by atoms with Crippen molar-refractivity contribution >= 4 is 28.9 Å². The van der Waals surface area contributed by atoms with E-state index in [4.69, 9.17) is 21.1 Å². The molecular formula is C11H11ClN2O3S. The Morgan fingerprint density at radius 1 is 1.39 bits per heavy atom. The van der Waals surface area contributed by atoms with E-state index in [2.05, 4.69) is 10.2 Å². The van der Waals surface area contributed by atoms with Crippen molar-refractivity contribution in [3.05, 3.63) is 22.4 Å². The van der Waals surface area contributed by atoms with E-state index in [1.807, 2.05) is 6.07 Å². The van der Waals surface area contributed by atoms with Crippen LogP contribution in [0, 0.1) is 0 Å². The predicted octanol–water partition coefficient (Wildman–Crippen LogP) is 3.25. The number of carbonyl (C=O) groups is 1. The smallest absolute Gasteiger partial charge is 0.303 e. The molecule has 0 aliphatic rings. The molecule has 2 aromatic rings. The number of aliphatic carboxylic acids is 1. The van der Waals surface area contributed by atoms with Gasteiger partial charge in [0.2, 0.25) is 5.89 Å². The predicted molar refractivity (Wildman–Crippen MR) is 67.8 cm³/mol. The van der Waals surface area contributed by atoms with Gasteiger partial charge in [-0.25, -0.2) is 0 Å².